The second-order valence-corrected chi connectivity index (χ2v) is 7.36. The normalized spacial score (nSPS) is 11.7. The van der Waals surface area contributed by atoms with E-state index in [0.29, 0.717) is 12.3 Å². The molecule has 0 saturated carbocycles. The van der Waals surface area contributed by atoms with Crippen molar-refractivity contribution in [2.75, 3.05) is 6.61 Å². The average molecular weight is 382 g/mol. The maximum absolute atomic E-state index is 13.7. The molecule has 0 aromatic heterocycles. The standard InChI is InChI=1S/C13H17BrFNO4S/c1-8(2)4-3-5-20-13(17)9-6-12(21(16,18)19)10(14)7-11(9)15/h6-8H,3-5H2,1-2H3,(H2,16,18,19). The van der Waals surface area contributed by atoms with E-state index in [0.717, 1.165) is 18.6 Å². The quantitative estimate of drug-likeness (QED) is 0.606. The number of esters is 1. The minimum Gasteiger partial charge on any atom is -0.462 e. The number of hydrogen-bond donors (Lipinski definition) is 1. The molecule has 0 saturated heterocycles. The first-order chi connectivity index (χ1) is 9.62. The molecule has 0 aliphatic rings. The van der Waals surface area contributed by atoms with Crippen molar-refractivity contribution in [3.05, 3.63) is 28.0 Å². The summed E-state index contributed by atoms with van der Waals surface area (Å²) in [5.74, 6) is -1.31. The largest absolute Gasteiger partial charge is 0.462 e. The number of benzene rings is 1. The summed E-state index contributed by atoms with van der Waals surface area (Å²) in [5.41, 5.74) is -0.452. The van der Waals surface area contributed by atoms with Gasteiger partial charge in [0.05, 0.1) is 17.1 Å². The van der Waals surface area contributed by atoms with Crippen LogP contribution in [-0.2, 0) is 14.8 Å². The van der Waals surface area contributed by atoms with Crippen LogP contribution in [-0.4, -0.2) is 21.0 Å². The summed E-state index contributed by atoms with van der Waals surface area (Å²) in [6.45, 7) is 4.22. The first-order valence-electron chi connectivity index (χ1n) is 6.32. The Kier molecular flexibility index (Phi) is 6.30. The lowest BCUT2D eigenvalue weighted by Crippen LogP contribution is -2.16. The first-order valence-corrected chi connectivity index (χ1v) is 8.66. The van der Waals surface area contributed by atoms with E-state index < -0.39 is 27.4 Å². The van der Waals surface area contributed by atoms with Crippen molar-refractivity contribution in [2.45, 2.75) is 31.6 Å². The van der Waals surface area contributed by atoms with Gasteiger partial charge in [0.2, 0.25) is 10.0 Å². The molecule has 0 radical (unpaired) electrons. The molecule has 1 rings (SSSR count). The second kappa shape index (κ2) is 7.33. The zero-order valence-electron chi connectivity index (χ0n) is 11.7. The monoisotopic (exact) mass is 381 g/mol. The summed E-state index contributed by atoms with van der Waals surface area (Å²) >= 11 is 2.89. The van der Waals surface area contributed by atoms with Crippen LogP contribution >= 0.6 is 15.9 Å². The average Bonchev–Trinajstić information content (AvgIpc) is 2.32. The smallest absolute Gasteiger partial charge is 0.341 e. The molecule has 0 atom stereocenters. The predicted molar refractivity (Wildman–Crippen MR) is 79.8 cm³/mol. The lowest BCUT2D eigenvalue weighted by Gasteiger charge is -2.09. The van der Waals surface area contributed by atoms with Crippen molar-refractivity contribution in [3.8, 4) is 0 Å². The number of sulfonamides is 1. The molecule has 21 heavy (non-hydrogen) atoms. The Hall–Kier alpha value is -0.990. The van der Waals surface area contributed by atoms with E-state index in [4.69, 9.17) is 9.88 Å². The van der Waals surface area contributed by atoms with Gasteiger partial charge in [-0.15, -0.1) is 0 Å². The number of primary sulfonamides is 1. The highest BCUT2D eigenvalue weighted by Gasteiger charge is 2.21. The molecule has 0 amide bonds. The molecule has 0 unspecified atom stereocenters. The third-order valence-corrected chi connectivity index (χ3v) is 4.58. The summed E-state index contributed by atoms with van der Waals surface area (Å²) in [5, 5.41) is 5.00. The van der Waals surface area contributed by atoms with Gasteiger partial charge in [-0.25, -0.2) is 22.7 Å². The molecule has 0 heterocycles. The van der Waals surface area contributed by atoms with Crippen molar-refractivity contribution in [2.24, 2.45) is 11.1 Å². The Morgan fingerprint density at radius 1 is 1.43 bits per heavy atom. The number of ether oxygens (including phenoxy) is 1. The van der Waals surface area contributed by atoms with Crippen LogP contribution in [0, 0.1) is 11.7 Å². The predicted octanol–water partition coefficient (Wildman–Crippen LogP) is 2.83. The van der Waals surface area contributed by atoms with E-state index in [-0.39, 0.29) is 16.0 Å². The van der Waals surface area contributed by atoms with Crippen LogP contribution in [0.2, 0.25) is 0 Å². The number of carbonyl (C=O) groups excluding carboxylic acids is 1. The van der Waals surface area contributed by atoms with Crippen LogP contribution in [0.4, 0.5) is 4.39 Å². The van der Waals surface area contributed by atoms with Gasteiger partial charge in [-0.1, -0.05) is 13.8 Å². The van der Waals surface area contributed by atoms with Gasteiger partial charge >= 0.3 is 5.97 Å². The van der Waals surface area contributed by atoms with Gasteiger partial charge in [0, 0.05) is 4.47 Å². The van der Waals surface area contributed by atoms with E-state index in [1.807, 2.05) is 13.8 Å². The van der Waals surface area contributed by atoms with Crippen LogP contribution in [0.15, 0.2) is 21.5 Å². The molecule has 0 fully saturated rings. The maximum atomic E-state index is 13.7. The molecule has 118 valence electrons. The van der Waals surface area contributed by atoms with E-state index in [1.165, 1.54) is 0 Å². The molecule has 0 spiro atoms. The zero-order valence-corrected chi connectivity index (χ0v) is 14.1. The lowest BCUT2D eigenvalue weighted by atomic mass is 10.1. The van der Waals surface area contributed by atoms with Gasteiger partial charge in [-0.2, -0.15) is 0 Å². The summed E-state index contributed by atoms with van der Waals surface area (Å²) < 4.78 is 41.3. The topological polar surface area (TPSA) is 86.5 Å². The molecule has 1 aromatic carbocycles. The fourth-order valence-corrected chi connectivity index (χ4v) is 3.24. The Bertz CT molecular complexity index is 631. The molecule has 0 aliphatic heterocycles. The highest BCUT2D eigenvalue weighted by molar-refractivity contribution is 9.10. The number of hydrogen-bond acceptors (Lipinski definition) is 4. The minimum absolute atomic E-state index is 0.0427. The van der Waals surface area contributed by atoms with Gasteiger partial charge < -0.3 is 4.74 Å². The van der Waals surface area contributed by atoms with Crippen molar-refractivity contribution in [1.29, 1.82) is 0 Å². The lowest BCUT2D eigenvalue weighted by molar-refractivity contribution is 0.0489. The molecule has 0 aliphatic carbocycles. The van der Waals surface area contributed by atoms with Gasteiger partial charge in [0.1, 0.15) is 5.82 Å². The first kappa shape index (κ1) is 18.1. The fourth-order valence-electron chi connectivity index (χ4n) is 1.64. The SMILES string of the molecule is CC(C)CCCOC(=O)c1cc(S(N)(=O)=O)c(Br)cc1F. The Morgan fingerprint density at radius 2 is 2.05 bits per heavy atom. The second-order valence-electron chi connectivity index (χ2n) is 4.98. The van der Waals surface area contributed by atoms with Crippen molar-refractivity contribution in [1.82, 2.24) is 0 Å². The molecule has 5 nitrogen and oxygen atoms in total. The van der Waals surface area contributed by atoms with Crippen molar-refractivity contribution < 1.29 is 22.3 Å². The molecule has 0 bridgehead atoms. The van der Waals surface area contributed by atoms with Crippen LogP contribution in [0.1, 0.15) is 37.0 Å². The Morgan fingerprint density at radius 3 is 2.57 bits per heavy atom. The third-order valence-electron chi connectivity index (χ3n) is 2.71. The third kappa shape index (κ3) is 5.37. The maximum Gasteiger partial charge on any atom is 0.341 e. The van der Waals surface area contributed by atoms with Crippen LogP contribution in [0.3, 0.4) is 0 Å². The van der Waals surface area contributed by atoms with Crippen molar-refractivity contribution >= 4 is 31.9 Å². The van der Waals surface area contributed by atoms with Gasteiger partial charge in [-0.3, -0.25) is 0 Å². The Labute approximate surface area is 131 Å². The zero-order chi connectivity index (χ0) is 16.2. The van der Waals surface area contributed by atoms with E-state index in [9.17, 15) is 17.6 Å². The number of halogens is 2. The van der Waals surface area contributed by atoms with E-state index in [2.05, 4.69) is 15.9 Å². The van der Waals surface area contributed by atoms with Crippen LogP contribution < -0.4 is 5.14 Å². The molecular formula is C13H17BrFNO4S. The number of rotatable bonds is 6. The van der Waals surface area contributed by atoms with Gasteiger partial charge in [-0.05, 0) is 46.8 Å². The highest BCUT2D eigenvalue weighted by atomic mass is 79.9. The molecule has 2 N–H and O–H groups in total. The summed E-state index contributed by atoms with van der Waals surface area (Å²) in [6.07, 6.45) is 1.53. The fraction of sp³-hybridized carbons (Fsp3) is 0.462. The van der Waals surface area contributed by atoms with Crippen LogP contribution in [0.25, 0.3) is 0 Å². The highest BCUT2D eigenvalue weighted by Crippen LogP contribution is 2.25. The van der Waals surface area contributed by atoms with E-state index >= 15 is 0 Å². The van der Waals surface area contributed by atoms with E-state index in [1.54, 1.807) is 0 Å². The molecule has 1 aromatic rings. The van der Waals surface area contributed by atoms with Crippen LogP contribution in [0.5, 0.6) is 0 Å². The summed E-state index contributed by atoms with van der Waals surface area (Å²) in [4.78, 5) is 11.4. The minimum atomic E-state index is -4.06. The molecule has 8 heteroatoms. The number of carbonyl (C=O) groups is 1. The van der Waals surface area contributed by atoms with Crippen molar-refractivity contribution in [3.63, 3.8) is 0 Å². The summed E-state index contributed by atoms with van der Waals surface area (Å²) in [7, 11) is -4.06. The number of nitrogens with two attached hydrogens (primary N) is 1. The summed E-state index contributed by atoms with van der Waals surface area (Å²) in [6, 6.07) is 1.75. The van der Waals surface area contributed by atoms with Gasteiger partial charge in [0.25, 0.3) is 0 Å². The molecular weight excluding hydrogens is 365 g/mol. The Balaban J connectivity index is 2.90. The van der Waals surface area contributed by atoms with Gasteiger partial charge in [0.15, 0.2) is 0 Å².